The Bertz CT molecular complexity index is 1010. The number of rotatable bonds is 6. The minimum absolute atomic E-state index is 0.0488. The number of carbonyl (C=O) groups is 2. The Kier molecular flexibility index (Phi) is 8.99. The van der Waals surface area contributed by atoms with E-state index in [1.165, 1.54) is 102 Å². The van der Waals surface area contributed by atoms with E-state index in [-0.39, 0.29) is 11.0 Å². The van der Waals surface area contributed by atoms with Crippen LogP contribution in [-0.2, 0) is 14.3 Å². The van der Waals surface area contributed by atoms with Gasteiger partial charge < -0.3 is 24.3 Å². The van der Waals surface area contributed by atoms with Gasteiger partial charge in [0, 0.05) is 30.1 Å². The summed E-state index contributed by atoms with van der Waals surface area (Å²) in [6, 6.07) is 2.22. The first-order valence-corrected chi connectivity index (χ1v) is 16.6. The van der Waals surface area contributed by atoms with Crippen molar-refractivity contribution in [2.24, 2.45) is 28.6 Å². The van der Waals surface area contributed by atoms with Crippen LogP contribution in [0, 0.1) is 28.6 Å². The third kappa shape index (κ3) is 5.26. The number of carboxylic acids is 2. The summed E-state index contributed by atoms with van der Waals surface area (Å²) < 4.78 is 12.2. The number of hydrogen-bond acceptors (Lipinski definition) is 6. The van der Waals surface area contributed by atoms with Gasteiger partial charge in [-0.25, -0.2) is 9.59 Å². The molecule has 40 heavy (non-hydrogen) atoms. The lowest BCUT2D eigenvalue weighted by atomic mass is 9.43. The van der Waals surface area contributed by atoms with Crippen LogP contribution in [0.4, 0.5) is 0 Å². The molecule has 4 aliphatic carbocycles. The van der Waals surface area contributed by atoms with E-state index in [1.807, 2.05) is 19.6 Å². The van der Waals surface area contributed by atoms with E-state index in [0.717, 1.165) is 23.0 Å². The highest BCUT2D eigenvalue weighted by atomic mass is 32.2. The Morgan fingerprint density at radius 1 is 1.02 bits per heavy atom. The summed E-state index contributed by atoms with van der Waals surface area (Å²) in [7, 11) is 2.04. The fourth-order valence-electron chi connectivity index (χ4n) is 10.2. The standard InChI is InChI=1S/C30H47NO2S.C2H2O4/c1-28-12-8-24(34-19-17-31-15-4-5-16-31)20-23(28)6-7-27-26(28)9-13-29(2)25(22-11-18-33-21-22)10-14-30(27,29)32-3;3-1(4)2(5)6/h11,18,21,23-27H,4-10,12-17,19-20H2,1-3H3;(H,3,4)(H,5,6)/t23-,24+,25-,26+,27-,28+,29-,30+;/m1./s1. The zero-order chi connectivity index (χ0) is 28.5. The predicted octanol–water partition coefficient (Wildman–Crippen LogP) is 6.53. The lowest BCUT2D eigenvalue weighted by molar-refractivity contribution is -0.214. The highest BCUT2D eigenvalue weighted by molar-refractivity contribution is 7.99. The summed E-state index contributed by atoms with van der Waals surface area (Å²) >= 11 is 2.31. The van der Waals surface area contributed by atoms with Gasteiger partial charge in [-0.05, 0) is 124 Å². The van der Waals surface area contributed by atoms with Crippen LogP contribution in [0.15, 0.2) is 23.0 Å². The maximum atomic E-state index is 9.10. The fraction of sp³-hybridized carbons (Fsp3) is 0.812. The van der Waals surface area contributed by atoms with E-state index in [2.05, 4.69) is 36.6 Å². The Hall–Kier alpha value is -1.51. The van der Waals surface area contributed by atoms with Gasteiger partial charge in [0.1, 0.15) is 0 Å². The van der Waals surface area contributed by atoms with Gasteiger partial charge in [0.2, 0.25) is 0 Å². The third-order valence-corrected chi connectivity index (χ3v) is 13.5. The monoisotopic (exact) mass is 575 g/mol. The first-order chi connectivity index (χ1) is 19.1. The molecule has 2 N–H and O–H groups in total. The smallest absolute Gasteiger partial charge is 0.414 e. The highest BCUT2D eigenvalue weighted by Gasteiger charge is 2.68. The molecule has 0 radical (unpaired) electrons. The molecule has 1 saturated heterocycles. The zero-order valence-electron chi connectivity index (χ0n) is 24.6. The van der Waals surface area contributed by atoms with Gasteiger partial charge in [-0.2, -0.15) is 11.8 Å². The molecule has 6 rings (SSSR count). The van der Waals surface area contributed by atoms with Crippen LogP contribution in [-0.4, -0.2) is 70.4 Å². The van der Waals surface area contributed by atoms with Crippen LogP contribution < -0.4 is 0 Å². The molecule has 1 aliphatic heterocycles. The van der Waals surface area contributed by atoms with Crippen molar-refractivity contribution in [1.29, 1.82) is 0 Å². The number of furan rings is 1. The molecule has 0 unspecified atom stereocenters. The molecular weight excluding hydrogens is 526 g/mol. The molecule has 5 fully saturated rings. The molecular formula is C32H49NO6S. The summed E-state index contributed by atoms with van der Waals surface area (Å²) in [4.78, 5) is 20.9. The van der Waals surface area contributed by atoms with Crippen molar-refractivity contribution >= 4 is 23.7 Å². The first-order valence-electron chi connectivity index (χ1n) is 15.5. The number of hydrogen-bond donors (Lipinski definition) is 2. The highest BCUT2D eigenvalue weighted by Crippen LogP contribution is 2.71. The molecule has 0 bridgehead atoms. The van der Waals surface area contributed by atoms with Crippen LogP contribution in [0.2, 0.25) is 0 Å². The van der Waals surface area contributed by atoms with Gasteiger partial charge in [-0.15, -0.1) is 0 Å². The summed E-state index contributed by atoms with van der Waals surface area (Å²) in [6.45, 7) is 9.28. The molecule has 224 valence electrons. The number of aliphatic carboxylic acids is 2. The van der Waals surface area contributed by atoms with Gasteiger partial charge in [0.15, 0.2) is 0 Å². The molecule has 7 nitrogen and oxygen atoms in total. The van der Waals surface area contributed by atoms with E-state index in [0.29, 0.717) is 11.3 Å². The van der Waals surface area contributed by atoms with Crippen molar-refractivity contribution in [3.63, 3.8) is 0 Å². The molecule has 5 aliphatic rings. The molecule has 8 heteroatoms. The molecule has 0 aromatic carbocycles. The normalized spacial score (nSPS) is 40.8. The minimum atomic E-state index is -1.82. The van der Waals surface area contributed by atoms with Crippen LogP contribution >= 0.6 is 11.8 Å². The number of nitrogens with zero attached hydrogens (tertiary/aromatic N) is 1. The van der Waals surface area contributed by atoms with Crippen molar-refractivity contribution < 1.29 is 29.0 Å². The number of ether oxygens (including phenoxy) is 1. The Morgan fingerprint density at radius 2 is 1.77 bits per heavy atom. The second-order valence-corrected chi connectivity index (χ2v) is 15.0. The predicted molar refractivity (Wildman–Crippen MR) is 157 cm³/mol. The second-order valence-electron chi connectivity index (χ2n) is 13.6. The van der Waals surface area contributed by atoms with Gasteiger partial charge in [-0.1, -0.05) is 13.8 Å². The topological polar surface area (TPSA) is 100 Å². The van der Waals surface area contributed by atoms with Crippen molar-refractivity contribution in [3.8, 4) is 0 Å². The maximum Gasteiger partial charge on any atom is 0.414 e. The van der Waals surface area contributed by atoms with Crippen LogP contribution in [0.25, 0.3) is 0 Å². The Morgan fingerprint density at radius 3 is 2.42 bits per heavy atom. The molecule has 8 atom stereocenters. The average Bonchev–Trinajstić information content (AvgIpc) is 3.70. The Labute approximate surface area is 243 Å². The number of thioether (sulfide) groups is 1. The van der Waals surface area contributed by atoms with E-state index < -0.39 is 11.9 Å². The van der Waals surface area contributed by atoms with Crippen molar-refractivity contribution in [1.82, 2.24) is 4.90 Å². The van der Waals surface area contributed by atoms with Crippen LogP contribution in [0.5, 0.6) is 0 Å². The molecule has 4 saturated carbocycles. The largest absolute Gasteiger partial charge is 0.473 e. The van der Waals surface area contributed by atoms with E-state index in [4.69, 9.17) is 29.0 Å². The molecule has 1 aromatic rings. The summed E-state index contributed by atoms with van der Waals surface area (Å²) in [5.74, 6) is 0.786. The molecule has 2 heterocycles. The minimum Gasteiger partial charge on any atom is -0.473 e. The van der Waals surface area contributed by atoms with Gasteiger partial charge in [0.25, 0.3) is 0 Å². The second kappa shape index (κ2) is 12.0. The zero-order valence-corrected chi connectivity index (χ0v) is 25.4. The number of likely N-dealkylation sites (tertiary alicyclic amines) is 1. The number of methoxy groups -OCH3 is 1. The number of fused-ring (bicyclic) bond motifs is 5. The van der Waals surface area contributed by atoms with Crippen molar-refractivity contribution in [2.45, 2.75) is 101 Å². The van der Waals surface area contributed by atoms with Crippen molar-refractivity contribution in [2.75, 3.05) is 32.5 Å². The summed E-state index contributed by atoms with van der Waals surface area (Å²) in [6.07, 6.45) is 19.1. The third-order valence-electron chi connectivity index (χ3n) is 12.2. The van der Waals surface area contributed by atoms with E-state index >= 15 is 0 Å². The van der Waals surface area contributed by atoms with E-state index in [9.17, 15) is 0 Å². The Balaban J connectivity index is 0.000000487. The summed E-state index contributed by atoms with van der Waals surface area (Å²) in [5.41, 5.74) is 2.22. The van der Waals surface area contributed by atoms with E-state index in [1.54, 1.807) is 0 Å². The summed E-state index contributed by atoms with van der Waals surface area (Å²) in [5, 5.41) is 15.7. The lowest BCUT2D eigenvalue weighted by Crippen LogP contribution is -2.62. The lowest BCUT2D eigenvalue weighted by Gasteiger charge is -2.64. The quantitative estimate of drug-likeness (QED) is 0.370. The average molecular weight is 576 g/mol. The van der Waals surface area contributed by atoms with Gasteiger partial charge in [0.05, 0.1) is 18.1 Å². The first kappa shape index (κ1) is 30.0. The van der Waals surface area contributed by atoms with Crippen LogP contribution in [0.1, 0.15) is 96.0 Å². The van der Waals surface area contributed by atoms with Gasteiger partial charge in [-0.3, -0.25) is 0 Å². The van der Waals surface area contributed by atoms with Gasteiger partial charge >= 0.3 is 11.9 Å². The number of carboxylic acid groups (broad SMARTS) is 2. The maximum absolute atomic E-state index is 9.10. The molecule has 1 aromatic heterocycles. The molecule has 0 amide bonds. The van der Waals surface area contributed by atoms with Crippen molar-refractivity contribution in [3.05, 3.63) is 24.2 Å². The fourth-order valence-corrected chi connectivity index (χ4v) is 11.5. The van der Waals surface area contributed by atoms with Crippen LogP contribution in [0.3, 0.4) is 0 Å². The molecule has 0 spiro atoms. The SMILES string of the molecule is CO[C@]12CC[C@H](c3ccoc3)[C@@]1(C)CC[C@H]1[C@H]2CC[C@@H]2C[C@@H](SCCN3CCCC3)CC[C@@]21C.O=C(O)C(=O)O.